The van der Waals surface area contributed by atoms with Gasteiger partial charge in [0.15, 0.2) is 5.65 Å². The van der Waals surface area contributed by atoms with E-state index in [0.717, 1.165) is 52.8 Å². The van der Waals surface area contributed by atoms with Crippen molar-refractivity contribution in [3.05, 3.63) is 58.4 Å². The predicted molar refractivity (Wildman–Crippen MR) is 127 cm³/mol. The fourth-order valence-electron chi connectivity index (χ4n) is 4.03. The largest absolute Gasteiger partial charge is 0.444 e. The highest BCUT2D eigenvalue weighted by Gasteiger charge is 2.26. The van der Waals surface area contributed by atoms with Gasteiger partial charge >= 0.3 is 6.09 Å². The molecule has 1 amide bonds. The Hall–Kier alpha value is -2.80. The minimum Gasteiger partial charge on any atom is -0.444 e. The minimum atomic E-state index is -0.512. The summed E-state index contributed by atoms with van der Waals surface area (Å²) in [5, 5.41) is 8.59. The lowest BCUT2D eigenvalue weighted by Gasteiger charge is -2.35. The molecule has 3 aromatic rings. The lowest BCUT2D eigenvalue weighted by atomic mass is 10.1. The molecule has 0 saturated carbocycles. The fourth-order valence-corrected chi connectivity index (χ4v) is 4.15. The topological polar surface area (TPSA) is 71.8 Å². The Balaban J connectivity index is 1.54. The first-order valence-corrected chi connectivity index (χ1v) is 11.4. The number of hydrogen-bond acceptors (Lipinski definition) is 5. The third-order valence-electron chi connectivity index (χ3n) is 5.35. The maximum Gasteiger partial charge on any atom is 0.407 e. The lowest BCUT2D eigenvalue weighted by molar-refractivity contribution is 0.0500. The molecule has 4 rings (SSSR count). The second-order valence-corrected chi connectivity index (χ2v) is 9.83. The average molecular weight is 456 g/mol. The molecule has 1 aromatic carbocycles. The van der Waals surface area contributed by atoms with E-state index in [0.29, 0.717) is 13.0 Å². The number of carbonyl (C=O) groups excluding carboxylic acids is 1. The molecule has 1 aliphatic rings. The van der Waals surface area contributed by atoms with E-state index in [1.807, 2.05) is 62.5 Å². The Morgan fingerprint density at radius 1 is 1.25 bits per heavy atom. The first-order valence-electron chi connectivity index (χ1n) is 11.0. The first kappa shape index (κ1) is 22.4. The van der Waals surface area contributed by atoms with Gasteiger partial charge < -0.3 is 15.0 Å². The maximum absolute atomic E-state index is 12.2. The van der Waals surface area contributed by atoms with Crippen LogP contribution in [0.2, 0.25) is 5.02 Å². The first-order chi connectivity index (χ1) is 15.2. The number of aromatic nitrogens is 3. The molecule has 0 bridgehead atoms. The average Bonchev–Trinajstić information content (AvgIpc) is 3.10. The summed E-state index contributed by atoms with van der Waals surface area (Å²) >= 11 is 6.01. The van der Waals surface area contributed by atoms with Crippen LogP contribution in [-0.2, 0) is 11.2 Å². The third kappa shape index (κ3) is 5.51. The van der Waals surface area contributed by atoms with Crippen molar-refractivity contribution in [2.45, 2.75) is 58.6 Å². The zero-order chi connectivity index (χ0) is 22.9. The Morgan fingerprint density at radius 2 is 2.00 bits per heavy atom. The van der Waals surface area contributed by atoms with E-state index in [9.17, 15) is 4.79 Å². The number of alkyl carbamates (subject to hydrolysis) is 1. The molecule has 170 valence electrons. The van der Waals surface area contributed by atoms with Gasteiger partial charge in [-0.25, -0.2) is 9.78 Å². The molecule has 2 aromatic heterocycles. The van der Waals surface area contributed by atoms with E-state index in [1.54, 1.807) is 0 Å². The summed E-state index contributed by atoms with van der Waals surface area (Å²) in [5.41, 5.74) is 3.35. The number of hydrogen-bond donors (Lipinski definition) is 1. The van der Waals surface area contributed by atoms with Crippen molar-refractivity contribution >= 4 is 29.2 Å². The van der Waals surface area contributed by atoms with Crippen molar-refractivity contribution in [2.75, 3.05) is 18.0 Å². The molecule has 1 N–H and O–H groups in total. The van der Waals surface area contributed by atoms with E-state index >= 15 is 0 Å². The maximum atomic E-state index is 12.2. The molecule has 1 fully saturated rings. The van der Waals surface area contributed by atoms with Crippen molar-refractivity contribution in [2.24, 2.45) is 0 Å². The molecular formula is C24H30ClN5O2. The van der Waals surface area contributed by atoms with Crippen LogP contribution >= 0.6 is 11.6 Å². The second kappa shape index (κ2) is 8.98. The molecule has 8 heteroatoms. The van der Waals surface area contributed by atoms with Gasteiger partial charge in [-0.2, -0.15) is 9.61 Å². The van der Waals surface area contributed by atoms with Gasteiger partial charge in [-0.1, -0.05) is 23.7 Å². The molecule has 0 radical (unpaired) electrons. The van der Waals surface area contributed by atoms with E-state index in [2.05, 4.69) is 21.3 Å². The van der Waals surface area contributed by atoms with Crippen LogP contribution in [0.3, 0.4) is 0 Å². The zero-order valence-electron chi connectivity index (χ0n) is 19.1. The van der Waals surface area contributed by atoms with Crippen molar-refractivity contribution in [1.82, 2.24) is 19.9 Å². The minimum absolute atomic E-state index is 0.0196. The van der Waals surface area contributed by atoms with Crippen LogP contribution in [-0.4, -0.2) is 45.4 Å². The molecule has 7 nitrogen and oxygen atoms in total. The van der Waals surface area contributed by atoms with Crippen molar-refractivity contribution in [3.63, 3.8) is 0 Å². The Morgan fingerprint density at radius 3 is 2.72 bits per heavy atom. The molecule has 0 spiro atoms. The van der Waals surface area contributed by atoms with Crippen LogP contribution in [0.15, 0.2) is 36.4 Å². The molecule has 32 heavy (non-hydrogen) atoms. The number of fused-ring (bicyclic) bond motifs is 1. The quantitative estimate of drug-likeness (QED) is 0.613. The number of piperidine rings is 1. The fraction of sp³-hybridized carbons (Fsp3) is 0.458. The lowest BCUT2D eigenvalue weighted by Crippen LogP contribution is -2.49. The molecule has 0 unspecified atom stereocenters. The van der Waals surface area contributed by atoms with Crippen LogP contribution in [0.5, 0.6) is 0 Å². The Kier molecular flexibility index (Phi) is 6.29. The molecule has 1 aliphatic heterocycles. The number of anilines is 1. The number of carbonyl (C=O) groups is 1. The third-order valence-corrected chi connectivity index (χ3v) is 5.60. The standard InChI is InChI=1S/C24H30ClN5O2/c1-16-12-22(29-11-5-6-19(15-29)27-23(31)32-24(2,3)4)30-21(26-16)14-20(28-30)13-17-7-9-18(25)10-8-17/h7-10,12,14,19H,5-6,11,13,15H2,1-4H3,(H,27,31)/t19-/m0/s1. The molecule has 0 aliphatic carbocycles. The van der Waals surface area contributed by atoms with Gasteiger partial charge in [-0.05, 0) is 58.2 Å². The highest BCUT2D eigenvalue weighted by molar-refractivity contribution is 6.30. The van der Waals surface area contributed by atoms with Gasteiger partial charge in [0.25, 0.3) is 0 Å². The highest BCUT2D eigenvalue weighted by Crippen LogP contribution is 2.23. The number of rotatable bonds is 4. The summed E-state index contributed by atoms with van der Waals surface area (Å²) in [6, 6.07) is 11.9. The monoisotopic (exact) mass is 455 g/mol. The normalized spacial score (nSPS) is 16.9. The molecular weight excluding hydrogens is 426 g/mol. The number of ether oxygens (including phenoxy) is 1. The summed E-state index contributed by atoms with van der Waals surface area (Å²) in [6.07, 6.45) is 2.23. The number of amides is 1. The van der Waals surface area contributed by atoms with E-state index in [1.165, 1.54) is 0 Å². The van der Waals surface area contributed by atoms with Crippen LogP contribution in [0.4, 0.5) is 10.6 Å². The number of benzene rings is 1. The van der Waals surface area contributed by atoms with Crippen LogP contribution < -0.4 is 10.2 Å². The Labute approximate surface area is 193 Å². The van der Waals surface area contributed by atoms with Gasteiger partial charge in [-0.3, -0.25) is 0 Å². The van der Waals surface area contributed by atoms with Gasteiger partial charge in [0.05, 0.1) is 5.69 Å². The summed E-state index contributed by atoms with van der Waals surface area (Å²) in [4.78, 5) is 19.2. The Bertz CT molecular complexity index is 1100. The molecule has 1 atom stereocenters. The molecule has 1 saturated heterocycles. The van der Waals surface area contributed by atoms with Gasteiger partial charge in [0.1, 0.15) is 11.4 Å². The van der Waals surface area contributed by atoms with Crippen LogP contribution in [0.25, 0.3) is 5.65 Å². The highest BCUT2D eigenvalue weighted by atomic mass is 35.5. The van der Waals surface area contributed by atoms with Crippen LogP contribution in [0.1, 0.15) is 50.6 Å². The number of nitrogens with one attached hydrogen (secondary N) is 1. The van der Waals surface area contributed by atoms with Crippen molar-refractivity contribution < 1.29 is 9.53 Å². The number of halogens is 1. The number of aryl methyl sites for hydroxylation is 1. The SMILES string of the molecule is Cc1cc(N2CCC[C@H](NC(=O)OC(C)(C)C)C2)n2nc(Cc3ccc(Cl)cc3)cc2n1. The smallest absolute Gasteiger partial charge is 0.407 e. The summed E-state index contributed by atoms with van der Waals surface area (Å²) in [6.45, 7) is 9.21. The predicted octanol–water partition coefficient (Wildman–Crippen LogP) is 4.78. The number of nitrogens with zero attached hydrogens (tertiary/aromatic N) is 4. The van der Waals surface area contributed by atoms with Gasteiger partial charge in [0, 0.05) is 48.4 Å². The van der Waals surface area contributed by atoms with Gasteiger partial charge in [-0.15, -0.1) is 0 Å². The van der Waals surface area contributed by atoms with Gasteiger partial charge in [0.2, 0.25) is 0 Å². The van der Waals surface area contributed by atoms with E-state index in [-0.39, 0.29) is 12.1 Å². The van der Waals surface area contributed by atoms with E-state index in [4.69, 9.17) is 21.4 Å². The molecule has 3 heterocycles. The summed E-state index contributed by atoms with van der Waals surface area (Å²) in [7, 11) is 0. The van der Waals surface area contributed by atoms with Crippen molar-refractivity contribution in [3.8, 4) is 0 Å². The van der Waals surface area contributed by atoms with Crippen LogP contribution in [0, 0.1) is 6.92 Å². The summed E-state index contributed by atoms with van der Waals surface area (Å²) in [5.74, 6) is 0.991. The summed E-state index contributed by atoms with van der Waals surface area (Å²) < 4.78 is 7.34. The van der Waals surface area contributed by atoms with Crippen molar-refractivity contribution in [1.29, 1.82) is 0 Å². The van der Waals surface area contributed by atoms with E-state index < -0.39 is 5.60 Å². The second-order valence-electron chi connectivity index (χ2n) is 9.40. The zero-order valence-corrected chi connectivity index (χ0v) is 19.8.